The standard InChI is InChI=1S/C14H20O2/c1-9(2)11-6-7-12(10(3)8-11)13(15)14(4,5)16/h6-9,16H,1-5H3. The van der Waals surface area contributed by atoms with Crippen molar-refractivity contribution < 1.29 is 9.90 Å². The van der Waals surface area contributed by atoms with Gasteiger partial charge in [0.2, 0.25) is 0 Å². The topological polar surface area (TPSA) is 37.3 Å². The van der Waals surface area contributed by atoms with Crippen LogP contribution < -0.4 is 0 Å². The molecule has 0 saturated carbocycles. The zero-order valence-electron chi connectivity index (χ0n) is 10.7. The number of benzene rings is 1. The molecule has 0 amide bonds. The van der Waals surface area contributed by atoms with Crippen LogP contribution in [0.1, 0.15) is 55.1 Å². The van der Waals surface area contributed by atoms with E-state index in [-0.39, 0.29) is 5.78 Å². The van der Waals surface area contributed by atoms with Crippen LogP contribution in [-0.4, -0.2) is 16.5 Å². The zero-order valence-corrected chi connectivity index (χ0v) is 10.7. The number of hydrogen-bond donors (Lipinski definition) is 1. The summed E-state index contributed by atoms with van der Waals surface area (Å²) in [5, 5.41) is 9.69. The Kier molecular flexibility index (Phi) is 3.54. The molecule has 0 spiro atoms. The summed E-state index contributed by atoms with van der Waals surface area (Å²) in [6.45, 7) is 9.18. The molecular weight excluding hydrogens is 200 g/mol. The van der Waals surface area contributed by atoms with E-state index in [1.807, 2.05) is 25.1 Å². The van der Waals surface area contributed by atoms with Crippen molar-refractivity contribution >= 4 is 5.78 Å². The minimum absolute atomic E-state index is 0.222. The Balaban J connectivity index is 3.14. The predicted molar refractivity (Wildman–Crippen MR) is 65.9 cm³/mol. The fourth-order valence-corrected chi connectivity index (χ4v) is 1.63. The molecule has 0 aliphatic rings. The van der Waals surface area contributed by atoms with E-state index in [0.717, 1.165) is 5.56 Å². The molecule has 1 rings (SSSR count). The third-order valence-electron chi connectivity index (χ3n) is 2.72. The Labute approximate surface area is 97.3 Å². The highest BCUT2D eigenvalue weighted by Crippen LogP contribution is 2.21. The molecule has 0 unspecified atom stereocenters. The second-order valence-corrected chi connectivity index (χ2v) is 5.12. The van der Waals surface area contributed by atoms with Crippen LogP contribution in [0.15, 0.2) is 18.2 Å². The van der Waals surface area contributed by atoms with Gasteiger partial charge in [-0.1, -0.05) is 32.0 Å². The van der Waals surface area contributed by atoms with Gasteiger partial charge in [0.05, 0.1) is 0 Å². The molecule has 1 aromatic rings. The summed E-state index contributed by atoms with van der Waals surface area (Å²) in [6, 6.07) is 5.78. The lowest BCUT2D eigenvalue weighted by atomic mass is 9.91. The van der Waals surface area contributed by atoms with Gasteiger partial charge in [0.25, 0.3) is 0 Å². The fourth-order valence-electron chi connectivity index (χ4n) is 1.63. The number of Topliss-reactive ketones (excluding diaryl/α,β-unsaturated/α-hetero) is 1. The van der Waals surface area contributed by atoms with Crippen molar-refractivity contribution in [1.29, 1.82) is 0 Å². The van der Waals surface area contributed by atoms with E-state index in [2.05, 4.69) is 13.8 Å². The first-order chi connectivity index (χ1) is 7.23. The molecule has 1 aromatic carbocycles. The van der Waals surface area contributed by atoms with Crippen molar-refractivity contribution in [3.63, 3.8) is 0 Å². The van der Waals surface area contributed by atoms with Crippen molar-refractivity contribution in [1.82, 2.24) is 0 Å². The molecule has 88 valence electrons. The average molecular weight is 220 g/mol. The minimum atomic E-state index is -1.30. The normalized spacial score (nSPS) is 11.9. The second kappa shape index (κ2) is 4.38. The molecule has 0 heterocycles. The number of hydrogen-bond acceptors (Lipinski definition) is 2. The molecule has 0 aromatic heterocycles. The van der Waals surface area contributed by atoms with Gasteiger partial charge in [0.1, 0.15) is 5.60 Å². The van der Waals surface area contributed by atoms with Crippen LogP contribution in [0, 0.1) is 6.92 Å². The summed E-state index contributed by atoms with van der Waals surface area (Å²) in [5.74, 6) is 0.227. The van der Waals surface area contributed by atoms with Crippen molar-refractivity contribution in [2.24, 2.45) is 0 Å². The Morgan fingerprint density at radius 1 is 1.31 bits per heavy atom. The molecule has 0 aliphatic heterocycles. The average Bonchev–Trinajstić information content (AvgIpc) is 2.15. The highest BCUT2D eigenvalue weighted by molar-refractivity contribution is 6.02. The molecular formula is C14H20O2. The van der Waals surface area contributed by atoms with E-state index in [9.17, 15) is 9.90 Å². The Bertz CT molecular complexity index is 398. The quantitative estimate of drug-likeness (QED) is 0.795. The molecule has 0 bridgehead atoms. The SMILES string of the molecule is Cc1cc(C(C)C)ccc1C(=O)C(C)(C)O. The summed E-state index contributed by atoms with van der Waals surface area (Å²) in [7, 11) is 0. The highest BCUT2D eigenvalue weighted by atomic mass is 16.3. The Hall–Kier alpha value is -1.15. The molecule has 0 saturated heterocycles. The van der Waals surface area contributed by atoms with E-state index in [1.54, 1.807) is 0 Å². The number of carbonyl (C=O) groups is 1. The first-order valence-electron chi connectivity index (χ1n) is 5.61. The summed E-state index contributed by atoms with van der Waals surface area (Å²) < 4.78 is 0. The molecule has 0 aliphatic carbocycles. The van der Waals surface area contributed by atoms with Crippen LogP contribution in [0.5, 0.6) is 0 Å². The summed E-state index contributed by atoms with van der Waals surface area (Å²) in [4.78, 5) is 11.9. The van der Waals surface area contributed by atoms with E-state index in [0.29, 0.717) is 11.5 Å². The van der Waals surface area contributed by atoms with Gasteiger partial charge in [0, 0.05) is 5.56 Å². The molecule has 1 N–H and O–H groups in total. The van der Waals surface area contributed by atoms with E-state index >= 15 is 0 Å². The zero-order chi connectivity index (χ0) is 12.5. The van der Waals surface area contributed by atoms with Crippen LogP contribution in [0.2, 0.25) is 0 Å². The van der Waals surface area contributed by atoms with Gasteiger partial charge >= 0.3 is 0 Å². The molecule has 0 atom stereocenters. The van der Waals surface area contributed by atoms with Crippen molar-refractivity contribution in [3.05, 3.63) is 34.9 Å². The number of aryl methyl sites for hydroxylation is 1. The predicted octanol–water partition coefficient (Wildman–Crippen LogP) is 3.07. The molecule has 0 fully saturated rings. The van der Waals surface area contributed by atoms with Gasteiger partial charge in [-0.2, -0.15) is 0 Å². The second-order valence-electron chi connectivity index (χ2n) is 5.12. The minimum Gasteiger partial charge on any atom is -0.382 e. The van der Waals surface area contributed by atoms with Gasteiger partial charge in [-0.25, -0.2) is 0 Å². The number of carbonyl (C=O) groups excluding carboxylic acids is 1. The van der Waals surface area contributed by atoms with Crippen molar-refractivity contribution in [2.45, 2.75) is 46.1 Å². The molecule has 2 nitrogen and oxygen atoms in total. The van der Waals surface area contributed by atoms with E-state index < -0.39 is 5.60 Å². The number of aliphatic hydroxyl groups is 1. The lowest BCUT2D eigenvalue weighted by molar-refractivity contribution is 0.0487. The van der Waals surface area contributed by atoms with Crippen LogP contribution in [0.3, 0.4) is 0 Å². The Morgan fingerprint density at radius 2 is 1.88 bits per heavy atom. The highest BCUT2D eigenvalue weighted by Gasteiger charge is 2.26. The first-order valence-corrected chi connectivity index (χ1v) is 5.61. The van der Waals surface area contributed by atoms with Gasteiger partial charge in [0.15, 0.2) is 5.78 Å². The maximum absolute atomic E-state index is 11.9. The maximum Gasteiger partial charge on any atom is 0.194 e. The van der Waals surface area contributed by atoms with Gasteiger partial charge in [-0.3, -0.25) is 4.79 Å². The monoisotopic (exact) mass is 220 g/mol. The fraction of sp³-hybridized carbons (Fsp3) is 0.500. The number of rotatable bonds is 3. The summed E-state index contributed by atoms with van der Waals surface area (Å²) in [6.07, 6.45) is 0. The summed E-state index contributed by atoms with van der Waals surface area (Å²) in [5.41, 5.74) is 1.45. The van der Waals surface area contributed by atoms with Crippen LogP contribution in [0.4, 0.5) is 0 Å². The largest absolute Gasteiger partial charge is 0.382 e. The van der Waals surface area contributed by atoms with Gasteiger partial charge < -0.3 is 5.11 Å². The smallest absolute Gasteiger partial charge is 0.194 e. The van der Waals surface area contributed by atoms with Crippen LogP contribution >= 0.6 is 0 Å². The van der Waals surface area contributed by atoms with Crippen LogP contribution in [0.25, 0.3) is 0 Å². The van der Waals surface area contributed by atoms with Crippen molar-refractivity contribution in [2.75, 3.05) is 0 Å². The third kappa shape index (κ3) is 2.70. The maximum atomic E-state index is 11.9. The van der Waals surface area contributed by atoms with E-state index in [4.69, 9.17) is 0 Å². The lowest BCUT2D eigenvalue weighted by Crippen LogP contribution is -2.31. The van der Waals surface area contributed by atoms with Crippen molar-refractivity contribution in [3.8, 4) is 0 Å². The van der Waals surface area contributed by atoms with E-state index in [1.165, 1.54) is 19.4 Å². The molecule has 2 heteroatoms. The van der Waals surface area contributed by atoms with Gasteiger partial charge in [-0.15, -0.1) is 0 Å². The van der Waals surface area contributed by atoms with Gasteiger partial charge in [-0.05, 0) is 37.8 Å². The van der Waals surface area contributed by atoms with Crippen LogP contribution in [-0.2, 0) is 0 Å². The summed E-state index contributed by atoms with van der Waals surface area (Å²) >= 11 is 0. The lowest BCUT2D eigenvalue weighted by Gasteiger charge is -2.18. The molecule has 0 radical (unpaired) electrons. The third-order valence-corrected chi connectivity index (χ3v) is 2.72. The Morgan fingerprint density at radius 3 is 2.25 bits per heavy atom. The first kappa shape index (κ1) is 12.9. The number of ketones is 1. The molecule has 16 heavy (non-hydrogen) atoms.